The van der Waals surface area contributed by atoms with Gasteiger partial charge in [0.15, 0.2) is 6.10 Å². The number of aromatic nitrogens is 2. The molecular formula is C16H20N2O2. The van der Waals surface area contributed by atoms with Gasteiger partial charge in [-0.25, -0.2) is 4.68 Å². The van der Waals surface area contributed by atoms with Crippen LogP contribution in [0.15, 0.2) is 24.3 Å². The fraction of sp³-hybridized carbons (Fsp3) is 0.375. The predicted molar refractivity (Wildman–Crippen MR) is 78.3 cm³/mol. The maximum absolute atomic E-state index is 12.3. The molecule has 0 aliphatic rings. The normalized spacial score (nSPS) is 12.2. The van der Waals surface area contributed by atoms with E-state index in [0.29, 0.717) is 5.75 Å². The molecule has 20 heavy (non-hydrogen) atoms. The molecule has 1 aromatic carbocycles. The number of aryl methyl sites for hydroxylation is 4. The topological polar surface area (TPSA) is 44.1 Å². The zero-order valence-corrected chi connectivity index (χ0v) is 12.6. The molecule has 0 aliphatic heterocycles. The molecule has 2 aromatic rings. The summed E-state index contributed by atoms with van der Waals surface area (Å²) in [6, 6.07) is 7.69. The second kappa shape index (κ2) is 5.49. The predicted octanol–water partition coefficient (Wildman–Crippen LogP) is 3.22. The van der Waals surface area contributed by atoms with E-state index >= 15 is 0 Å². The van der Waals surface area contributed by atoms with Crippen molar-refractivity contribution in [3.63, 3.8) is 0 Å². The molecule has 0 saturated carbocycles. The fourth-order valence-electron chi connectivity index (χ4n) is 2.07. The number of hydrogen-bond acceptors (Lipinski definition) is 3. The molecule has 4 nitrogen and oxygen atoms in total. The number of benzene rings is 1. The lowest BCUT2D eigenvalue weighted by Gasteiger charge is -2.15. The van der Waals surface area contributed by atoms with E-state index in [1.54, 1.807) is 6.92 Å². The Bertz CT molecular complexity index is 644. The van der Waals surface area contributed by atoms with Crippen molar-refractivity contribution < 1.29 is 9.53 Å². The van der Waals surface area contributed by atoms with Gasteiger partial charge < -0.3 is 4.74 Å². The highest BCUT2D eigenvalue weighted by Gasteiger charge is 2.19. The van der Waals surface area contributed by atoms with Gasteiger partial charge in [0, 0.05) is 5.69 Å². The molecule has 4 heteroatoms. The van der Waals surface area contributed by atoms with Crippen LogP contribution in [-0.4, -0.2) is 21.8 Å². The lowest BCUT2D eigenvalue weighted by Crippen LogP contribution is -2.30. The van der Waals surface area contributed by atoms with Crippen molar-refractivity contribution in [2.24, 2.45) is 0 Å². The van der Waals surface area contributed by atoms with E-state index in [0.717, 1.165) is 17.0 Å². The number of nitrogens with zero attached hydrogens (tertiary/aromatic N) is 2. The molecule has 1 aromatic heterocycles. The minimum atomic E-state index is -0.574. The molecule has 0 aliphatic carbocycles. The first-order valence-corrected chi connectivity index (χ1v) is 6.70. The summed E-state index contributed by atoms with van der Waals surface area (Å²) in [7, 11) is 0. The molecule has 1 unspecified atom stereocenters. The Balaban J connectivity index is 2.15. The molecule has 0 spiro atoms. The Kier molecular flexibility index (Phi) is 3.93. The number of ether oxygens (including phenoxy) is 1. The zero-order valence-electron chi connectivity index (χ0n) is 12.6. The van der Waals surface area contributed by atoms with Crippen molar-refractivity contribution in [1.82, 2.24) is 9.78 Å². The molecule has 0 bridgehead atoms. The average molecular weight is 272 g/mol. The standard InChI is InChI=1S/C16H20N2O2/c1-10-6-7-15(8-11(10)2)20-14(5)16(19)18-13(4)9-12(3)17-18/h6-9,14H,1-5H3. The van der Waals surface area contributed by atoms with Crippen molar-refractivity contribution >= 4 is 5.91 Å². The van der Waals surface area contributed by atoms with E-state index in [-0.39, 0.29) is 5.91 Å². The van der Waals surface area contributed by atoms with Crippen LogP contribution >= 0.6 is 0 Å². The molecule has 1 heterocycles. The van der Waals surface area contributed by atoms with Crippen LogP contribution in [0.4, 0.5) is 0 Å². The van der Waals surface area contributed by atoms with E-state index < -0.39 is 6.10 Å². The van der Waals surface area contributed by atoms with E-state index in [1.165, 1.54) is 10.2 Å². The molecule has 2 rings (SSSR count). The minimum Gasteiger partial charge on any atom is -0.481 e. The van der Waals surface area contributed by atoms with Crippen LogP contribution in [0.2, 0.25) is 0 Å². The molecule has 1 atom stereocenters. The fourth-order valence-corrected chi connectivity index (χ4v) is 2.07. The Morgan fingerprint density at radius 2 is 1.85 bits per heavy atom. The Hall–Kier alpha value is -2.10. The summed E-state index contributed by atoms with van der Waals surface area (Å²) in [6.07, 6.45) is -0.574. The summed E-state index contributed by atoms with van der Waals surface area (Å²) in [4.78, 5) is 12.3. The molecule has 0 radical (unpaired) electrons. The maximum atomic E-state index is 12.3. The van der Waals surface area contributed by atoms with Crippen LogP contribution in [0.5, 0.6) is 5.75 Å². The first kappa shape index (κ1) is 14.3. The second-order valence-electron chi connectivity index (χ2n) is 5.18. The molecule has 0 fully saturated rings. The van der Waals surface area contributed by atoms with Crippen LogP contribution < -0.4 is 4.74 Å². The molecule has 106 valence electrons. The lowest BCUT2D eigenvalue weighted by molar-refractivity contribution is 0.0707. The third-order valence-corrected chi connectivity index (χ3v) is 3.36. The first-order valence-electron chi connectivity index (χ1n) is 6.70. The van der Waals surface area contributed by atoms with Crippen LogP contribution in [-0.2, 0) is 0 Å². The van der Waals surface area contributed by atoms with E-state index in [4.69, 9.17) is 4.74 Å². The number of hydrogen-bond donors (Lipinski definition) is 0. The van der Waals surface area contributed by atoms with E-state index in [1.807, 2.05) is 52.0 Å². The van der Waals surface area contributed by atoms with Crippen molar-refractivity contribution in [2.45, 2.75) is 40.7 Å². The second-order valence-corrected chi connectivity index (χ2v) is 5.18. The summed E-state index contributed by atoms with van der Waals surface area (Å²) in [6.45, 7) is 9.54. The van der Waals surface area contributed by atoms with Gasteiger partial charge >= 0.3 is 0 Å². The highest BCUT2D eigenvalue weighted by Crippen LogP contribution is 2.18. The van der Waals surface area contributed by atoms with E-state index in [2.05, 4.69) is 5.10 Å². The monoisotopic (exact) mass is 272 g/mol. The highest BCUT2D eigenvalue weighted by molar-refractivity contribution is 5.83. The molecule has 0 saturated heterocycles. The average Bonchev–Trinajstić information content (AvgIpc) is 2.72. The summed E-state index contributed by atoms with van der Waals surface area (Å²) >= 11 is 0. The summed E-state index contributed by atoms with van der Waals surface area (Å²) < 4.78 is 7.12. The highest BCUT2D eigenvalue weighted by atomic mass is 16.5. The molecular weight excluding hydrogens is 252 g/mol. The number of carbonyl (C=O) groups excluding carboxylic acids is 1. The van der Waals surface area contributed by atoms with Crippen LogP contribution in [0.1, 0.15) is 34.2 Å². The van der Waals surface area contributed by atoms with Gasteiger partial charge in [-0.3, -0.25) is 4.79 Å². The SMILES string of the molecule is Cc1cc(C)n(C(=O)C(C)Oc2ccc(C)c(C)c2)n1. The third kappa shape index (κ3) is 2.90. The van der Waals surface area contributed by atoms with Gasteiger partial charge in [-0.15, -0.1) is 0 Å². The van der Waals surface area contributed by atoms with Crippen LogP contribution in [0.3, 0.4) is 0 Å². The first-order chi connectivity index (χ1) is 9.38. The van der Waals surface area contributed by atoms with Gasteiger partial charge in [-0.05, 0) is 63.9 Å². The summed E-state index contributed by atoms with van der Waals surface area (Å²) in [5.74, 6) is 0.546. The quantitative estimate of drug-likeness (QED) is 0.861. The van der Waals surface area contributed by atoms with Gasteiger partial charge in [-0.2, -0.15) is 5.10 Å². The van der Waals surface area contributed by atoms with Gasteiger partial charge in [0.1, 0.15) is 5.75 Å². The van der Waals surface area contributed by atoms with Crippen molar-refractivity contribution in [1.29, 1.82) is 0 Å². The Morgan fingerprint density at radius 3 is 2.40 bits per heavy atom. The number of carbonyl (C=O) groups is 1. The zero-order chi connectivity index (χ0) is 14.9. The third-order valence-electron chi connectivity index (χ3n) is 3.36. The molecule has 0 N–H and O–H groups in total. The minimum absolute atomic E-state index is 0.158. The largest absolute Gasteiger partial charge is 0.481 e. The Morgan fingerprint density at radius 1 is 1.15 bits per heavy atom. The smallest absolute Gasteiger partial charge is 0.287 e. The maximum Gasteiger partial charge on any atom is 0.287 e. The lowest BCUT2D eigenvalue weighted by atomic mass is 10.1. The van der Waals surface area contributed by atoms with Gasteiger partial charge in [0.05, 0.1) is 5.69 Å². The van der Waals surface area contributed by atoms with E-state index in [9.17, 15) is 4.79 Å². The molecule has 0 amide bonds. The van der Waals surface area contributed by atoms with Crippen molar-refractivity contribution in [3.05, 3.63) is 46.8 Å². The van der Waals surface area contributed by atoms with Crippen LogP contribution in [0.25, 0.3) is 0 Å². The van der Waals surface area contributed by atoms with Gasteiger partial charge in [-0.1, -0.05) is 6.07 Å². The van der Waals surface area contributed by atoms with Crippen molar-refractivity contribution in [2.75, 3.05) is 0 Å². The van der Waals surface area contributed by atoms with Gasteiger partial charge in [0.25, 0.3) is 5.91 Å². The number of rotatable bonds is 3. The van der Waals surface area contributed by atoms with Crippen molar-refractivity contribution in [3.8, 4) is 5.75 Å². The van der Waals surface area contributed by atoms with Crippen LogP contribution in [0, 0.1) is 27.7 Å². The summed E-state index contributed by atoms with van der Waals surface area (Å²) in [5, 5.41) is 4.19. The summed E-state index contributed by atoms with van der Waals surface area (Å²) in [5.41, 5.74) is 4.00. The van der Waals surface area contributed by atoms with Gasteiger partial charge in [0.2, 0.25) is 0 Å². The Labute approximate surface area is 119 Å².